The van der Waals surface area contributed by atoms with Crippen LogP contribution in [0.2, 0.25) is 0 Å². The zero-order valence-corrected chi connectivity index (χ0v) is 11.8. The van der Waals surface area contributed by atoms with Gasteiger partial charge in [0.25, 0.3) is 0 Å². The van der Waals surface area contributed by atoms with Gasteiger partial charge in [0, 0.05) is 30.9 Å². The second-order valence-corrected chi connectivity index (χ2v) is 7.30. The van der Waals surface area contributed by atoms with Gasteiger partial charge in [-0.3, -0.25) is 5.10 Å². The summed E-state index contributed by atoms with van der Waals surface area (Å²) in [4.78, 5) is 0. The van der Waals surface area contributed by atoms with Crippen LogP contribution in [0.15, 0.2) is 12.3 Å². The number of hydrogen-bond acceptors (Lipinski definition) is 3. The van der Waals surface area contributed by atoms with E-state index in [0.717, 1.165) is 18.5 Å². The van der Waals surface area contributed by atoms with E-state index >= 15 is 0 Å². The average Bonchev–Trinajstić information content (AvgIpc) is 2.91. The first-order chi connectivity index (χ1) is 8.55. The van der Waals surface area contributed by atoms with Crippen molar-refractivity contribution in [1.29, 1.82) is 0 Å². The minimum absolute atomic E-state index is 0.277. The molecule has 1 aliphatic rings. The van der Waals surface area contributed by atoms with Crippen molar-refractivity contribution in [2.24, 2.45) is 0 Å². The number of sulfonamides is 1. The first-order valence-electron chi connectivity index (χ1n) is 6.54. The van der Waals surface area contributed by atoms with Gasteiger partial charge in [0.15, 0.2) is 0 Å². The number of H-pyrrole nitrogens is 1. The van der Waals surface area contributed by atoms with E-state index in [1.807, 2.05) is 13.0 Å². The third-order valence-electron chi connectivity index (χ3n) is 3.86. The molecular formula is C12H21N3O2S. The van der Waals surface area contributed by atoms with Crippen molar-refractivity contribution in [2.45, 2.75) is 44.3 Å². The molecule has 0 unspecified atom stereocenters. The van der Waals surface area contributed by atoms with E-state index in [1.54, 1.807) is 17.4 Å². The van der Waals surface area contributed by atoms with Gasteiger partial charge >= 0.3 is 0 Å². The summed E-state index contributed by atoms with van der Waals surface area (Å²) in [5.74, 6) is 0.413. The van der Waals surface area contributed by atoms with Crippen molar-refractivity contribution >= 4 is 10.0 Å². The van der Waals surface area contributed by atoms with E-state index in [1.165, 1.54) is 0 Å². The summed E-state index contributed by atoms with van der Waals surface area (Å²) in [5.41, 5.74) is 1.12. The van der Waals surface area contributed by atoms with Crippen molar-refractivity contribution in [2.75, 3.05) is 13.1 Å². The lowest BCUT2D eigenvalue weighted by Gasteiger charge is -2.32. The number of aromatic amines is 1. The fourth-order valence-corrected chi connectivity index (χ4v) is 4.03. The van der Waals surface area contributed by atoms with Crippen molar-refractivity contribution in [3.8, 4) is 0 Å². The summed E-state index contributed by atoms with van der Waals surface area (Å²) in [7, 11) is -3.10. The number of hydrogen-bond donors (Lipinski definition) is 1. The summed E-state index contributed by atoms with van der Waals surface area (Å²) in [6.45, 7) is 4.95. The highest BCUT2D eigenvalue weighted by Crippen LogP contribution is 2.28. The molecule has 0 saturated carbocycles. The summed E-state index contributed by atoms with van der Waals surface area (Å²) >= 11 is 0. The molecular weight excluding hydrogens is 250 g/mol. The Labute approximate surface area is 109 Å². The molecule has 102 valence electrons. The number of nitrogens with zero attached hydrogens (tertiary/aromatic N) is 2. The van der Waals surface area contributed by atoms with Crippen LogP contribution in [0.3, 0.4) is 0 Å². The molecule has 2 rings (SSSR count). The molecule has 1 fully saturated rings. The molecule has 1 N–H and O–H groups in total. The SMILES string of the molecule is CC[C@@H](C)S(=O)(=O)N1CCC(c2ccn[nH]2)CC1. The molecule has 1 atom stereocenters. The summed E-state index contributed by atoms with van der Waals surface area (Å²) in [6, 6.07) is 1.98. The van der Waals surface area contributed by atoms with Crippen LogP contribution in [0.5, 0.6) is 0 Å². The molecule has 2 heterocycles. The molecule has 5 nitrogen and oxygen atoms in total. The van der Waals surface area contributed by atoms with Gasteiger partial charge in [-0.05, 0) is 32.3 Å². The lowest BCUT2D eigenvalue weighted by atomic mass is 9.95. The highest BCUT2D eigenvalue weighted by molar-refractivity contribution is 7.89. The number of nitrogens with one attached hydrogen (secondary N) is 1. The van der Waals surface area contributed by atoms with Crippen LogP contribution in [-0.4, -0.2) is 41.3 Å². The van der Waals surface area contributed by atoms with E-state index in [-0.39, 0.29) is 5.25 Å². The van der Waals surface area contributed by atoms with E-state index in [2.05, 4.69) is 10.2 Å². The van der Waals surface area contributed by atoms with Gasteiger partial charge in [-0.2, -0.15) is 5.10 Å². The molecule has 0 bridgehead atoms. The topological polar surface area (TPSA) is 66.1 Å². The van der Waals surface area contributed by atoms with Crippen LogP contribution in [0, 0.1) is 0 Å². The van der Waals surface area contributed by atoms with E-state index < -0.39 is 10.0 Å². The van der Waals surface area contributed by atoms with Crippen molar-refractivity contribution < 1.29 is 8.42 Å². The van der Waals surface area contributed by atoms with Crippen molar-refractivity contribution in [1.82, 2.24) is 14.5 Å². The summed E-state index contributed by atoms with van der Waals surface area (Å²) in [5, 5.41) is 6.65. The third kappa shape index (κ3) is 2.59. The van der Waals surface area contributed by atoms with Crippen LogP contribution >= 0.6 is 0 Å². The Morgan fingerprint density at radius 1 is 1.50 bits per heavy atom. The number of aromatic nitrogens is 2. The molecule has 6 heteroatoms. The van der Waals surface area contributed by atoms with Crippen LogP contribution in [0.25, 0.3) is 0 Å². The predicted molar refractivity (Wildman–Crippen MR) is 70.8 cm³/mol. The molecule has 0 spiro atoms. The molecule has 1 aliphatic heterocycles. The minimum Gasteiger partial charge on any atom is -0.282 e. The Kier molecular flexibility index (Phi) is 4.07. The minimum atomic E-state index is -3.10. The fourth-order valence-electron chi connectivity index (χ4n) is 2.38. The van der Waals surface area contributed by atoms with Gasteiger partial charge in [0.1, 0.15) is 0 Å². The number of rotatable bonds is 4. The van der Waals surface area contributed by atoms with Crippen LogP contribution in [0.4, 0.5) is 0 Å². The van der Waals surface area contributed by atoms with Gasteiger partial charge in [-0.1, -0.05) is 6.92 Å². The smallest absolute Gasteiger partial charge is 0.216 e. The van der Waals surface area contributed by atoms with Crippen molar-refractivity contribution in [3.05, 3.63) is 18.0 Å². The summed E-state index contributed by atoms with van der Waals surface area (Å²) in [6.07, 6.45) is 4.16. The van der Waals surface area contributed by atoms with E-state index in [9.17, 15) is 8.42 Å². The first kappa shape index (κ1) is 13.5. The maximum Gasteiger partial charge on any atom is 0.216 e. The van der Waals surface area contributed by atoms with E-state index in [0.29, 0.717) is 25.4 Å². The molecule has 1 saturated heterocycles. The maximum atomic E-state index is 12.2. The average molecular weight is 271 g/mol. The quantitative estimate of drug-likeness (QED) is 0.906. The molecule has 0 radical (unpaired) electrons. The normalized spacial score (nSPS) is 21.0. The Morgan fingerprint density at radius 3 is 2.67 bits per heavy atom. The molecule has 0 aliphatic carbocycles. The Balaban J connectivity index is 1.99. The van der Waals surface area contributed by atoms with Crippen LogP contribution in [-0.2, 0) is 10.0 Å². The molecule has 18 heavy (non-hydrogen) atoms. The van der Waals surface area contributed by atoms with Crippen LogP contribution in [0.1, 0.15) is 44.7 Å². The predicted octanol–water partition coefficient (Wildman–Crippen LogP) is 1.72. The monoisotopic (exact) mass is 271 g/mol. The Morgan fingerprint density at radius 2 is 2.17 bits per heavy atom. The highest BCUT2D eigenvalue weighted by atomic mass is 32.2. The van der Waals surface area contributed by atoms with Gasteiger partial charge < -0.3 is 0 Å². The van der Waals surface area contributed by atoms with Crippen LogP contribution < -0.4 is 0 Å². The third-order valence-corrected chi connectivity index (χ3v) is 6.29. The second-order valence-electron chi connectivity index (χ2n) is 4.95. The largest absolute Gasteiger partial charge is 0.282 e. The molecule has 1 aromatic heterocycles. The van der Waals surface area contributed by atoms with E-state index in [4.69, 9.17) is 0 Å². The summed E-state index contributed by atoms with van der Waals surface area (Å²) < 4.78 is 26.1. The maximum absolute atomic E-state index is 12.2. The van der Waals surface area contributed by atoms with Gasteiger partial charge in [0.05, 0.1) is 5.25 Å². The van der Waals surface area contributed by atoms with Gasteiger partial charge in [0.2, 0.25) is 10.0 Å². The fraction of sp³-hybridized carbons (Fsp3) is 0.750. The number of piperidine rings is 1. The highest BCUT2D eigenvalue weighted by Gasteiger charge is 2.31. The first-order valence-corrected chi connectivity index (χ1v) is 8.04. The van der Waals surface area contributed by atoms with Gasteiger partial charge in [-0.15, -0.1) is 0 Å². The standard InChI is InChI=1S/C12H21N3O2S/c1-3-10(2)18(16,17)15-8-5-11(6-9-15)12-4-7-13-14-12/h4,7,10-11H,3,5-6,8-9H2,1-2H3,(H,13,14)/t10-/m1/s1. The molecule has 0 amide bonds. The molecule has 1 aromatic rings. The Bertz CT molecular complexity index is 462. The van der Waals surface area contributed by atoms with Crippen molar-refractivity contribution in [3.63, 3.8) is 0 Å². The lowest BCUT2D eigenvalue weighted by Crippen LogP contribution is -2.42. The zero-order chi connectivity index (χ0) is 13.2. The zero-order valence-electron chi connectivity index (χ0n) is 11.0. The Hall–Kier alpha value is -0.880. The van der Waals surface area contributed by atoms with Gasteiger partial charge in [-0.25, -0.2) is 12.7 Å². The molecule has 0 aromatic carbocycles. The lowest BCUT2D eigenvalue weighted by molar-refractivity contribution is 0.313. The second kappa shape index (κ2) is 5.40.